The summed E-state index contributed by atoms with van der Waals surface area (Å²) in [5.41, 5.74) is 1.07. The molecular formula is C19H24ClN3O2S. The van der Waals surface area contributed by atoms with Crippen LogP contribution < -0.4 is 10.1 Å². The van der Waals surface area contributed by atoms with Crippen molar-refractivity contribution < 1.29 is 9.84 Å². The molecule has 2 aromatic rings. The molecule has 0 saturated carbocycles. The van der Waals surface area contributed by atoms with Gasteiger partial charge in [0.25, 0.3) is 0 Å². The molecule has 0 spiro atoms. The number of aliphatic hydroxyl groups excluding tert-OH is 1. The third-order valence-electron chi connectivity index (χ3n) is 3.56. The zero-order valence-corrected chi connectivity index (χ0v) is 16.3. The van der Waals surface area contributed by atoms with Crippen molar-refractivity contribution in [2.75, 3.05) is 18.9 Å². The number of para-hydroxylation sites is 1. The van der Waals surface area contributed by atoms with Gasteiger partial charge in [0.2, 0.25) is 0 Å². The van der Waals surface area contributed by atoms with Crippen LogP contribution in [0.25, 0.3) is 0 Å². The molecule has 7 heteroatoms. The second-order valence-electron chi connectivity index (χ2n) is 5.88. The molecule has 0 aliphatic heterocycles. The molecule has 0 aliphatic carbocycles. The number of benzene rings is 1. The van der Waals surface area contributed by atoms with Gasteiger partial charge in [-0.2, -0.15) is 0 Å². The number of rotatable bonds is 11. The lowest BCUT2D eigenvalue weighted by Gasteiger charge is -2.18. The molecule has 0 fully saturated rings. The highest BCUT2D eigenvalue weighted by molar-refractivity contribution is 7.99. The Kier molecular flexibility index (Phi) is 8.91. The van der Waals surface area contributed by atoms with Crippen LogP contribution in [0.5, 0.6) is 5.75 Å². The molecule has 1 aromatic heterocycles. The molecule has 0 amide bonds. The number of hydrogen-bond donors (Lipinski definition) is 2. The van der Waals surface area contributed by atoms with Gasteiger partial charge < -0.3 is 15.2 Å². The average molecular weight is 394 g/mol. The fourth-order valence-corrected chi connectivity index (χ4v) is 3.10. The van der Waals surface area contributed by atoms with Gasteiger partial charge in [0.15, 0.2) is 5.15 Å². The monoisotopic (exact) mass is 393 g/mol. The number of thioether (sulfide) groups is 1. The predicted molar refractivity (Wildman–Crippen MR) is 107 cm³/mol. The van der Waals surface area contributed by atoms with E-state index in [1.807, 2.05) is 36.4 Å². The highest BCUT2D eigenvalue weighted by Crippen LogP contribution is 2.19. The minimum absolute atomic E-state index is 0.209. The van der Waals surface area contributed by atoms with Gasteiger partial charge in [-0.25, -0.2) is 0 Å². The number of hydrogen-bond acceptors (Lipinski definition) is 6. The van der Waals surface area contributed by atoms with Gasteiger partial charge >= 0.3 is 0 Å². The van der Waals surface area contributed by atoms with Crippen LogP contribution in [-0.4, -0.2) is 46.4 Å². The van der Waals surface area contributed by atoms with Gasteiger partial charge in [0.05, 0.1) is 0 Å². The van der Waals surface area contributed by atoms with Gasteiger partial charge in [-0.15, -0.1) is 28.5 Å². The molecule has 2 unspecified atom stereocenters. The van der Waals surface area contributed by atoms with Gasteiger partial charge in [-0.3, -0.25) is 0 Å². The summed E-state index contributed by atoms with van der Waals surface area (Å²) in [5.74, 6) is 1.60. The first-order chi connectivity index (χ1) is 12.6. The van der Waals surface area contributed by atoms with Crippen molar-refractivity contribution >= 4 is 23.4 Å². The first-order valence-corrected chi connectivity index (χ1v) is 9.80. The van der Waals surface area contributed by atoms with E-state index >= 15 is 0 Å². The Morgan fingerprint density at radius 1 is 1.31 bits per heavy atom. The fraction of sp³-hybridized carbons (Fsp3) is 0.368. The standard InChI is InChI=1S/C19H24ClN3O2S/c1-3-6-15-7-4-5-8-17(15)25-12-16(24)11-21-14(2)13-26-19-10-9-18(20)22-23-19/h3-5,7-10,14,16,21,24H,1,6,11-13H2,2H3. The van der Waals surface area contributed by atoms with Crippen molar-refractivity contribution in [2.45, 2.75) is 30.5 Å². The van der Waals surface area contributed by atoms with Gasteiger partial charge in [-0.1, -0.05) is 35.9 Å². The lowest BCUT2D eigenvalue weighted by atomic mass is 10.1. The Labute approximate surface area is 163 Å². The molecule has 26 heavy (non-hydrogen) atoms. The number of ether oxygens (including phenoxy) is 1. The van der Waals surface area contributed by atoms with Crippen LogP contribution in [0, 0.1) is 0 Å². The zero-order chi connectivity index (χ0) is 18.8. The van der Waals surface area contributed by atoms with E-state index in [0.717, 1.165) is 28.5 Å². The molecule has 5 nitrogen and oxygen atoms in total. The van der Waals surface area contributed by atoms with Crippen LogP contribution in [0.15, 0.2) is 54.1 Å². The summed E-state index contributed by atoms with van der Waals surface area (Å²) in [4.78, 5) is 0. The van der Waals surface area contributed by atoms with E-state index in [-0.39, 0.29) is 12.6 Å². The predicted octanol–water partition coefficient (Wildman–Crippen LogP) is 3.37. The maximum absolute atomic E-state index is 10.1. The summed E-state index contributed by atoms with van der Waals surface area (Å²) < 4.78 is 5.75. The molecule has 0 saturated heterocycles. The van der Waals surface area contributed by atoms with E-state index in [1.54, 1.807) is 17.8 Å². The first-order valence-electron chi connectivity index (χ1n) is 8.43. The maximum atomic E-state index is 10.1. The van der Waals surface area contributed by atoms with E-state index in [4.69, 9.17) is 16.3 Å². The van der Waals surface area contributed by atoms with E-state index in [9.17, 15) is 5.11 Å². The molecule has 2 N–H and O–H groups in total. The van der Waals surface area contributed by atoms with E-state index < -0.39 is 6.10 Å². The highest BCUT2D eigenvalue weighted by Gasteiger charge is 2.10. The summed E-state index contributed by atoms with van der Waals surface area (Å²) >= 11 is 7.31. The normalized spacial score (nSPS) is 13.2. The van der Waals surface area contributed by atoms with Crippen LogP contribution in [-0.2, 0) is 6.42 Å². The Morgan fingerprint density at radius 2 is 2.12 bits per heavy atom. The SMILES string of the molecule is C=CCc1ccccc1OCC(O)CNC(C)CSc1ccc(Cl)nn1. The fourth-order valence-electron chi connectivity index (χ4n) is 2.20. The first kappa shape index (κ1) is 20.7. The van der Waals surface area contributed by atoms with Gasteiger partial charge in [0, 0.05) is 18.3 Å². The summed E-state index contributed by atoms with van der Waals surface area (Å²) in [7, 11) is 0. The lowest BCUT2D eigenvalue weighted by molar-refractivity contribution is 0.104. The van der Waals surface area contributed by atoms with Crippen LogP contribution in [0.3, 0.4) is 0 Å². The molecule has 1 heterocycles. The average Bonchev–Trinajstić information content (AvgIpc) is 2.65. The van der Waals surface area contributed by atoms with Crippen molar-refractivity contribution in [3.63, 3.8) is 0 Å². The van der Waals surface area contributed by atoms with Crippen molar-refractivity contribution in [2.24, 2.45) is 0 Å². The number of halogens is 1. The summed E-state index contributed by atoms with van der Waals surface area (Å²) in [6.07, 6.45) is 1.99. The van der Waals surface area contributed by atoms with Crippen molar-refractivity contribution in [1.82, 2.24) is 15.5 Å². The molecular weight excluding hydrogens is 370 g/mol. The number of allylic oxidation sites excluding steroid dienone is 1. The highest BCUT2D eigenvalue weighted by atomic mass is 35.5. The van der Waals surface area contributed by atoms with Crippen molar-refractivity contribution in [3.05, 3.63) is 59.8 Å². The summed E-state index contributed by atoms with van der Waals surface area (Å²) in [5, 5.41) is 22.5. The largest absolute Gasteiger partial charge is 0.491 e. The summed E-state index contributed by atoms with van der Waals surface area (Å²) in [6.45, 7) is 6.51. The topological polar surface area (TPSA) is 67.3 Å². The van der Waals surface area contributed by atoms with E-state index in [0.29, 0.717) is 11.7 Å². The second kappa shape index (κ2) is 11.2. The third-order valence-corrected chi connectivity index (χ3v) is 4.94. The second-order valence-corrected chi connectivity index (χ2v) is 7.31. The third kappa shape index (κ3) is 7.33. The molecule has 0 bridgehead atoms. The minimum Gasteiger partial charge on any atom is -0.491 e. The van der Waals surface area contributed by atoms with E-state index in [2.05, 4.69) is 29.0 Å². The number of aromatic nitrogens is 2. The van der Waals surface area contributed by atoms with Gasteiger partial charge in [0.1, 0.15) is 23.5 Å². The number of nitrogens with one attached hydrogen (secondary N) is 1. The summed E-state index contributed by atoms with van der Waals surface area (Å²) in [6, 6.07) is 11.6. The Hall–Kier alpha value is -1.60. The Balaban J connectivity index is 1.68. The quantitative estimate of drug-likeness (QED) is 0.450. The lowest BCUT2D eigenvalue weighted by Crippen LogP contribution is -2.37. The molecule has 0 aliphatic rings. The van der Waals surface area contributed by atoms with Crippen LogP contribution >= 0.6 is 23.4 Å². The Bertz CT molecular complexity index is 685. The number of aliphatic hydroxyl groups is 1. The molecule has 0 radical (unpaired) electrons. The molecule has 1 aromatic carbocycles. The van der Waals surface area contributed by atoms with Crippen molar-refractivity contribution in [3.8, 4) is 5.75 Å². The van der Waals surface area contributed by atoms with Crippen LogP contribution in [0.2, 0.25) is 5.15 Å². The smallest absolute Gasteiger partial charge is 0.151 e. The van der Waals surface area contributed by atoms with Crippen molar-refractivity contribution in [1.29, 1.82) is 0 Å². The maximum Gasteiger partial charge on any atom is 0.151 e. The molecule has 2 atom stereocenters. The molecule has 140 valence electrons. The minimum atomic E-state index is -0.588. The zero-order valence-electron chi connectivity index (χ0n) is 14.8. The van der Waals surface area contributed by atoms with Crippen LogP contribution in [0.1, 0.15) is 12.5 Å². The van der Waals surface area contributed by atoms with E-state index in [1.165, 1.54) is 0 Å². The molecule has 2 rings (SSSR count). The number of nitrogens with zero attached hydrogens (tertiary/aromatic N) is 2. The van der Waals surface area contributed by atoms with Crippen LogP contribution in [0.4, 0.5) is 0 Å². The van der Waals surface area contributed by atoms with Gasteiger partial charge in [-0.05, 0) is 37.1 Å². The Morgan fingerprint density at radius 3 is 2.85 bits per heavy atom.